The number of rotatable bonds is 5. The molecule has 1 amide bonds. The van der Waals surface area contributed by atoms with Gasteiger partial charge >= 0.3 is 0 Å². The fourth-order valence-corrected chi connectivity index (χ4v) is 1.57. The van der Waals surface area contributed by atoms with Crippen molar-refractivity contribution in [3.05, 3.63) is 72.1 Å². The zero-order valence-corrected chi connectivity index (χ0v) is 10.8. The second kappa shape index (κ2) is 6.99. The Bertz CT molecular complexity index is 607. The number of nitrogens with zero attached hydrogens (tertiary/aromatic N) is 1. The van der Waals surface area contributed by atoms with Crippen molar-refractivity contribution in [3.63, 3.8) is 0 Å². The van der Waals surface area contributed by atoms with E-state index in [0.29, 0.717) is 5.69 Å². The average Bonchev–Trinajstić information content (AvgIpc) is 2.52. The third kappa shape index (κ3) is 4.17. The molecule has 0 fully saturated rings. The van der Waals surface area contributed by atoms with Crippen LogP contribution in [0.15, 0.2) is 60.8 Å². The molecule has 0 radical (unpaired) electrons. The molecule has 0 unspecified atom stereocenters. The minimum atomic E-state index is -0.636. The summed E-state index contributed by atoms with van der Waals surface area (Å²) in [5.41, 5.74) is 1.58. The van der Waals surface area contributed by atoms with Gasteiger partial charge in [0.25, 0.3) is 5.91 Å². The molecule has 0 aliphatic rings. The van der Waals surface area contributed by atoms with E-state index in [1.807, 2.05) is 36.4 Å². The molecule has 4 nitrogen and oxygen atoms in total. The van der Waals surface area contributed by atoms with Gasteiger partial charge in [0.1, 0.15) is 0 Å². The normalized spacial score (nSPS) is 10.4. The van der Waals surface area contributed by atoms with Gasteiger partial charge in [0.15, 0.2) is 0 Å². The Morgan fingerprint density at radius 1 is 1.05 bits per heavy atom. The van der Waals surface area contributed by atoms with Crippen molar-refractivity contribution in [1.82, 2.24) is 10.3 Å². The summed E-state index contributed by atoms with van der Waals surface area (Å²) >= 11 is 0. The van der Waals surface area contributed by atoms with Crippen molar-refractivity contribution in [2.45, 2.75) is 6.54 Å². The molecule has 0 atom stereocenters. The van der Waals surface area contributed by atoms with Crippen LogP contribution in [0.3, 0.4) is 0 Å². The molecule has 1 aromatic carbocycles. The van der Waals surface area contributed by atoms with E-state index < -0.39 is 11.7 Å². The first-order chi connectivity index (χ1) is 9.75. The summed E-state index contributed by atoms with van der Waals surface area (Å²) in [6, 6.07) is 14.7. The van der Waals surface area contributed by atoms with Gasteiger partial charge in [0.05, 0.1) is 12.2 Å². The molecule has 0 aliphatic carbocycles. The first-order valence-corrected chi connectivity index (χ1v) is 6.21. The summed E-state index contributed by atoms with van der Waals surface area (Å²) in [7, 11) is 0. The predicted molar refractivity (Wildman–Crippen MR) is 76.6 cm³/mol. The Morgan fingerprint density at radius 2 is 1.80 bits per heavy atom. The Morgan fingerprint density at radius 3 is 2.50 bits per heavy atom. The number of aromatic nitrogens is 1. The second-order valence-corrected chi connectivity index (χ2v) is 4.11. The quantitative estimate of drug-likeness (QED) is 0.665. The Kier molecular flexibility index (Phi) is 4.78. The van der Waals surface area contributed by atoms with Crippen LogP contribution in [0.4, 0.5) is 0 Å². The van der Waals surface area contributed by atoms with Crippen LogP contribution in [0.1, 0.15) is 11.3 Å². The van der Waals surface area contributed by atoms with Crippen LogP contribution in [0.5, 0.6) is 0 Å². The highest BCUT2D eigenvalue weighted by Gasteiger charge is 2.09. The Labute approximate surface area is 117 Å². The number of hydrogen-bond acceptors (Lipinski definition) is 3. The highest BCUT2D eigenvalue weighted by molar-refractivity contribution is 6.41. The Hall–Kier alpha value is -2.75. The van der Waals surface area contributed by atoms with E-state index in [0.717, 1.165) is 5.56 Å². The summed E-state index contributed by atoms with van der Waals surface area (Å²) < 4.78 is 0. The monoisotopic (exact) mass is 266 g/mol. The smallest absolute Gasteiger partial charge is 0.292 e. The van der Waals surface area contributed by atoms with E-state index in [4.69, 9.17) is 0 Å². The molecule has 4 heteroatoms. The molecule has 0 aliphatic heterocycles. The van der Waals surface area contributed by atoms with Crippen LogP contribution < -0.4 is 5.32 Å². The van der Waals surface area contributed by atoms with Crippen LogP contribution in [0.2, 0.25) is 0 Å². The van der Waals surface area contributed by atoms with E-state index in [-0.39, 0.29) is 6.54 Å². The van der Waals surface area contributed by atoms with Crippen molar-refractivity contribution < 1.29 is 9.59 Å². The highest BCUT2D eigenvalue weighted by atomic mass is 16.2. The predicted octanol–water partition coefficient (Wildman–Crippen LogP) is 1.98. The maximum atomic E-state index is 11.6. The van der Waals surface area contributed by atoms with Crippen LogP contribution in [-0.2, 0) is 16.1 Å². The molecule has 100 valence electrons. The summed E-state index contributed by atoms with van der Waals surface area (Å²) in [4.78, 5) is 27.3. The van der Waals surface area contributed by atoms with E-state index in [1.54, 1.807) is 24.4 Å². The molecule has 1 aromatic heterocycles. The number of pyridine rings is 1. The van der Waals surface area contributed by atoms with Crippen LogP contribution in [0.25, 0.3) is 6.08 Å². The van der Waals surface area contributed by atoms with E-state index >= 15 is 0 Å². The van der Waals surface area contributed by atoms with Gasteiger partial charge in [-0.05, 0) is 23.8 Å². The molecule has 2 aromatic rings. The number of ketones is 1. The maximum Gasteiger partial charge on any atom is 0.292 e. The lowest BCUT2D eigenvalue weighted by atomic mass is 10.2. The molecule has 0 spiro atoms. The van der Waals surface area contributed by atoms with Crippen molar-refractivity contribution in [2.24, 2.45) is 0 Å². The molecule has 1 heterocycles. The van der Waals surface area contributed by atoms with E-state index in [1.165, 1.54) is 6.08 Å². The zero-order valence-electron chi connectivity index (χ0n) is 10.8. The summed E-state index contributed by atoms with van der Waals surface area (Å²) in [5, 5.41) is 2.53. The van der Waals surface area contributed by atoms with Gasteiger partial charge in [0, 0.05) is 6.20 Å². The van der Waals surface area contributed by atoms with Gasteiger partial charge < -0.3 is 5.32 Å². The number of nitrogens with one attached hydrogen (secondary N) is 1. The zero-order chi connectivity index (χ0) is 14.2. The van der Waals surface area contributed by atoms with Crippen molar-refractivity contribution in [1.29, 1.82) is 0 Å². The number of benzene rings is 1. The van der Waals surface area contributed by atoms with Gasteiger partial charge in [-0.1, -0.05) is 42.5 Å². The lowest BCUT2D eigenvalue weighted by molar-refractivity contribution is -0.135. The highest BCUT2D eigenvalue weighted by Crippen LogP contribution is 2.01. The fourth-order valence-electron chi connectivity index (χ4n) is 1.57. The van der Waals surface area contributed by atoms with E-state index in [2.05, 4.69) is 10.3 Å². The Balaban J connectivity index is 1.86. The SMILES string of the molecule is O=C(/C=C/c1ccccc1)C(=O)NCc1ccccn1. The molecule has 2 rings (SSSR count). The first kappa shape index (κ1) is 13.7. The number of carbonyl (C=O) groups excluding carboxylic acids is 2. The lowest BCUT2D eigenvalue weighted by Crippen LogP contribution is -2.29. The maximum absolute atomic E-state index is 11.6. The molecule has 0 saturated carbocycles. The number of carbonyl (C=O) groups is 2. The van der Waals surface area contributed by atoms with Gasteiger partial charge in [-0.3, -0.25) is 14.6 Å². The minimum absolute atomic E-state index is 0.241. The minimum Gasteiger partial charge on any atom is -0.344 e. The van der Waals surface area contributed by atoms with Crippen molar-refractivity contribution in [3.8, 4) is 0 Å². The van der Waals surface area contributed by atoms with Crippen molar-refractivity contribution >= 4 is 17.8 Å². The first-order valence-electron chi connectivity index (χ1n) is 6.21. The fraction of sp³-hybridized carbons (Fsp3) is 0.0625. The summed E-state index contributed by atoms with van der Waals surface area (Å²) in [5.74, 6) is -1.22. The second-order valence-electron chi connectivity index (χ2n) is 4.11. The molecule has 1 N–H and O–H groups in total. The van der Waals surface area contributed by atoms with Crippen LogP contribution >= 0.6 is 0 Å². The van der Waals surface area contributed by atoms with Gasteiger partial charge in [0.2, 0.25) is 5.78 Å². The number of amides is 1. The number of hydrogen-bond donors (Lipinski definition) is 1. The molecule has 0 bridgehead atoms. The van der Waals surface area contributed by atoms with Crippen LogP contribution in [-0.4, -0.2) is 16.7 Å². The van der Waals surface area contributed by atoms with Gasteiger partial charge in [-0.15, -0.1) is 0 Å². The molecule has 20 heavy (non-hydrogen) atoms. The van der Waals surface area contributed by atoms with Crippen molar-refractivity contribution in [2.75, 3.05) is 0 Å². The summed E-state index contributed by atoms with van der Waals surface area (Å²) in [6.45, 7) is 0.241. The third-order valence-corrected chi connectivity index (χ3v) is 2.61. The summed E-state index contributed by atoms with van der Waals surface area (Å²) in [6.07, 6.45) is 4.52. The van der Waals surface area contributed by atoms with Gasteiger partial charge in [-0.2, -0.15) is 0 Å². The topological polar surface area (TPSA) is 59.1 Å². The van der Waals surface area contributed by atoms with Crippen LogP contribution in [0, 0.1) is 0 Å². The third-order valence-electron chi connectivity index (χ3n) is 2.61. The van der Waals surface area contributed by atoms with Gasteiger partial charge in [-0.25, -0.2) is 0 Å². The average molecular weight is 266 g/mol. The lowest BCUT2D eigenvalue weighted by Gasteiger charge is -2.01. The standard InChI is InChI=1S/C16H14N2O2/c19-15(10-9-13-6-2-1-3-7-13)16(20)18-12-14-8-4-5-11-17-14/h1-11H,12H2,(H,18,20)/b10-9+. The molecule has 0 saturated heterocycles. The largest absolute Gasteiger partial charge is 0.344 e. The van der Waals surface area contributed by atoms with E-state index in [9.17, 15) is 9.59 Å². The molecular formula is C16H14N2O2. The molecular weight excluding hydrogens is 252 g/mol.